The number of carbonyl (C=O) groups is 2. The van der Waals surface area contributed by atoms with Crippen molar-refractivity contribution in [2.45, 2.75) is 32.3 Å². The zero-order chi connectivity index (χ0) is 16.8. The molecule has 23 heavy (non-hydrogen) atoms. The molecule has 0 radical (unpaired) electrons. The van der Waals surface area contributed by atoms with Crippen LogP contribution in [0.15, 0.2) is 36.4 Å². The van der Waals surface area contributed by atoms with Crippen LogP contribution in [0.4, 0.5) is 5.69 Å². The minimum absolute atomic E-state index is 0.153. The topological polar surface area (TPSA) is 94.1 Å². The third kappa shape index (κ3) is 5.08. The molecule has 0 saturated carbocycles. The number of amides is 1. The molecule has 124 valence electrons. The van der Waals surface area contributed by atoms with Crippen LogP contribution in [0, 0.1) is 0 Å². The fourth-order valence-electron chi connectivity index (χ4n) is 2.09. The third-order valence-electron chi connectivity index (χ3n) is 3.04. The van der Waals surface area contributed by atoms with E-state index in [1.807, 2.05) is 0 Å². The number of anilines is 1. The lowest BCUT2D eigenvalue weighted by Gasteiger charge is -2.30. The smallest absolute Gasteiger partial charge is 0.303 e. The number of carbonyl (C=O) groups excluding carboxylic acids is 2. The maximum absolute atomic E-state index is 11.0. The van der Waals surface area contributed by atoms with Gasteiger partial charge in [-0.2, -0.15) is 0 Å². The van der Waals surface area contributed by atoms with Gasteiger partial charge in [-0.05, 0) is 36.4 Å². The fourth-order valence-corrected chi connectivity index (χ4v) is 2.09. The van der Waals surface area contributed by atoms with Gasteiger partial charge in [0.2, 0.25) is 12.2 Å². The molecule has 1 aromatic rings. The van der Waals surface area contributed by atoms with Gasteiger partial charge in [0, 0.05) is 19.5 Å². The van der Waals surface area contributed by atoms with Crippen LogP contribution in [0.3, 0.4) is 0 Å². The molecule has 0 fully saturated rings. The molecule has 1 aliphatic rings. The number of esters is 1. The van der Waals surface area contributed by atoms with E-state index < -0.39 is 24.5 Å². The summed E-state index contributed by atoms with van der Waals surface area (Å²) < 4.78 is 16.2. The largest absolute Gasteiger partial charge is 0.461 e. The Morgan fingerprint density at radius 2 is 1.91 bits per heavy atom. The predicted molar refractivity (Wildman–Crippen MR) is 81.8 cm³/mol. The number of aliphatic hydroxyl groups excluding tert-OH is 1. The van der Waals surface area contributed by atoms with E-state index >= 15 is 0 Å². The van der Waals surface area contributed by atoms with E-state index in [4.69, 9.17) is 14.2 Å². The Morgan fingerprint density at radius 3 is 2.48 bits per heavy atom. The van der Waals surface area contributed by atoms with Gasteiger partial charge in [0.05, 0.1) is 6.61 Å². The van der Waals surface area contributed by atoms with Crippen molar-refractivity contribution in [2.75, 3.05) is 11.9 Å². The Balaban J connectivity index is 1.98. The van der Waals surface area contributed by atoms with Crippen molar-refractivity contribution in [3.63, 3.8) is 0 Å². The highest BCUT2D eigenvalue weighted by molar-refractivity contribution is 5.88. The highest BCUT2D eigenvalue weighted by Crippen LogP contribution is 2.21. The summed E-state index contributed by atoms with van der Waals surface area (Å²) in [6.07, 6.45) is 1.21. The van der Waals surface area contributed by atoms with Crippen LogP contribution < -0.4 is 10.1 Å². The fraction of sp³-hybridized carbons (Fsp3) is 0.375. The molecule has 0 bridgehead atoms. The molecule has 1 aliphatic heterocycles. The van der Waals surface area contributed by atoms with Gasteiger partial charge in [-0.1, -0.05) is 0 Å². The first-order valence-corrected chi connectivity index (χ1v) is 7.14. The number of aliphatic hydroxyl groups is 1. The van der Waals surface area contributed by atoms with E-state index in [9.17, 15) is 14.7 Å². The zero-order valence-corrected chi connectivity index (χ0v) is 12.9. The summed E-state index contributed by atoms with van der Waals surface area (Å²) in [4.78, 5) is 22.0. The molecule has 7 nitrogen and oxygen atoms in total. The summed E-state index contributed by atoms with van der Waals surface area (Å²) in [6.45, 7) is 2.42. The molecule has 2 N–H and O–H groups in total. The highest BCUT2D eigenvalue weighted by Gasteiger charge is 2.29. The minimum Gasteiger partial charge on any atom is -0.461 e. The lowest BCUT2D eigenvalue weighted by molar-refractivity contribution is -0.171. The summed E-state index contributed by atoms with van der Waals surface area (Å²) in [5.41, 5.74) is 0.660. The van der Waals surface area contributed by atoms with Crippen LogP contribution in [0.1, 0.15) is 13.8 Å². The second-order valence-electron chi connectivity index (χ2n) is 5.01. The van der Waals surface area contributed by atoms with Gasteiger partial charge in [0.15, 0.2) is 0 Å². The maximum atomic E-state index is 11.0. The number of benzene rings is 1. The van der Waals surface area contributed by atoms with Crippen molar-refractivity contribution in [1.82, 2.24) is 0 Å². The van der Waals surface area contributed by atoms with Crippen molar-refractivity contribution >= 4 is 17.6 Å². The van der Waals surface area contributed by atoms with Gasteiger partial charge in [-0.25, -0.2) is 0 Å². The summed E-state index contributed by atoms with van der Waals surface area (Å²) in [7, 11) is 0. The second-order valence-corrected chi connectivity index (χ2v) is 5.01. The molecule has 0 aliphatic carbocycles. The van der Waals surface area contributed by atoms with Crippen LogP contribution in [-0.4, -0.2) is 42.1 Å². The summed E-state index contributed by atoms with van der Waals surface area (Å²) in [6, 6.07) is 6.78. The standard InChI is InChI=1S/C16H19NO6/c1-10(19)17-12-3-5-13(6-4-12)22-16-8-7-14(21-11(2)20)15(9-18)23-16/h3-8,14-16,18H,9H2,1-2H3,(H,17,19)/t14-,15+,16-/m0/s1. The predicted octanol–water partition coefficient (Wildman–Crippen LogP) is 1.23. The van der Waals surface area contributed by atoms with E-state index in [2.05, 4.69) is 5.32 Å². The van der Waals surface area contributed by atoms with E-state index in [1.165, 1.54) is 13.8 Å². The molecule has 1 aromatic carbocycles. The molecule has 0 spiro atoms. The zero-order valence-electron chi connectivity index (χ0n) is 12.9. The number of ether oxygens (including phenoxy) is 3. The molecular weight excluding hydrogens is 302 g/mol. The molecule has 0 unspecified atom stereocenters. The van der Waals surface area contributed by atoms with Crippen LogP contribution in [-0.2, 0) is 19.1 Å². The van der Waals surface area contributed by atoms with E-state index in [1.54, 1.807) is 36.4 Å². The molecule has 1 amide bonds. The van der Waals surface area contributed by atoms with Crippen LogP contribution >= 0.6 is 0 Å². The number of hydrogen-bond donors (Lipinski definition) is 2. The van der Waals surface area contributed by atoms with Gasteiger partial charge in [-0.15, -0.1) is 0 Å². The van der Waals surface area contributed by atoms with Crippen molar-refractivity contribution < 1.29 is 28.9 Å². The van der Waals surface area contributed by atoms with Gasteiger partial charge in [-0.3, -0.25) is 9.59 Å². The average Bonchev–Trinajstić information content (AvgIpc) is 2.49. The molecule has 3 atom stereocenters. The lowest BCUT2D eigenvalue weighted by Crippen LogP contribution is -2.42. The second kappa shape index (κ2) is 7.75. The van der Waals surface area contributed by atoms with E-state index in [0.29, 0.717) is 11.4 Å². The van der Waals surface area contributed by atoms with Crippen LogP contribution in [0.5, 0.6) is 5.75 Å². The monoisotopic (exact) mass is 321 g/mol. The summed E-state index contributed by atoms with van der Waals surface area (Å²) >= 11 is 0. The third-order valence-corrected chi connectivity index (χ3v) is 3.04. The molecule has 0 saturated heterocycles. The Bertz CT molecular complexity index is 583. The minimum atomic E-state index is -0.703. The maximum Gasteiger partial charge on any atom is 0.303 e. The number of nitrogens with one attached hydrogen (secondary N) is 1. The first kappa shape index (κ1) is 17.0. The summed E-state index contributed by atoms with van der Waals surface area (Å²) in [5, 5.41) is 12.0. The van der Waals surface area contributed by atoms with E-state index in [-0.39, 0.29) is 12.5 Å². The Hall–Kier alpha value is -2.38. The Labute approximate surface area is 133 Å². The van der Waals surface area contributed by atoms with E-state index in [0.717, 1.165) is 0 Å². The number of rotatable bonds is 5. The van der Waals surface area contributed by atoms with Crippen LogP contribution in [0.2, 0.25) is 0 Å². The molecule has 1 heterocycles. The average molecular weight is 321 g/mol. The number of hydrogen-bond acceptors (Lipinski definition) is 6. The Morgan fingerprint density at radius 1 is 1.22 bits per heavy atom. The SMILES string of the molecule is CC(=O)Nc1ccc(O[C@@H]2C=C[C@H](OC(C)=O)[C@@H](CO)O2)cc1. The van der Waals surface area contributed by atoms with Gasteiger partial charge >= 0.3 is 5.97 Å². The van der Waals surface area contributed by atoms with Crippen LogP contribution in [0.25, 0.3) is 0 Å². The van der Waals surface area contributed by atoms with Crippen molar-refractivity contribution in [3.8, 4) is 5.75 Å². The first-order chi connectivity index (χ1) is 11.0. The quantitative estimate of drug-likeness (QED) is 0.626. The molecule has 2 rings (SSSR count). The Kier molecular flexibility index (Phi) is 5.72. The van der Waals surface area contributed by atoms with Gasteiger partial charge < -0.3 is 24.6 Å². The van der Waals surface area contributed by atoms with Gasteiger partial charge in [0.1, 0.15) is 18.0 Å². The normalized spacial score (nSPS) is 23.2. The van der Waals surface area contributed by atoms with Crippen molar-refractivity contribution in [1.29, 1.82) is 0 Å². The van der Waals surface area contributed by atoms with Crippen molar-refractivity contribution in [3.05, 3.63) is 36.4 Å². The molecule has 7 heteroatoms. The first-order valence-electron chi connectivity index (χ1n) is 7.14. The summed E-state index contributed by atoms with van der Waals surface area (Å²) in [5.74, 6) is -0.0643. The lowest BCUT2D eigenvalue weighted by atomic mass is 10.1. The van der Waals surface area contributed by atoms with Gasteiger partial charge in [0.25, 0.3) is 0 Å². The van der Waals surface area contributed by atoms with Crippen molar-refractivity contribution in [2.24, 2.45) is 0 Å². The molecule has 0 aromatic heterocycles. The molecular formula is C16H19NO6. The highest BCUT2D eigenvalue weighted by atomic mass is 16.7.